The third kappa shape index (κ3) is 4.59. The lowest BCUT2D eigenvalue weighted by molar-refractivity contribution is -0.141. The fourth-order valence-corrected chi connectivity index (χ4v) is 2.74. The van der Waals surface area contributed by atoms with Gasteiger partial charge in [-0.3, -0.25) is 4.79 Å². The van der Waals surface area contributed by atoms with E-state index in [0.717, 1.165) is 16.9 Å². The first kappa shape index (κ1) is 16.5. The quantitative estimate of drug-likeness (QED) is 0.791. The number of amides is 1. The number of hydrogen-bond acceptors (Lipinski definition) is 2. The zero-order valence-electron chi connectivity index (χ0n) is 12.1. The van der Waals surface area contributed by atoms with Crippen molar-refractivity contribution in [2.45, 2.75) is 26.1 Å². The van der Waals surface area contributed by atoms with Crippen LogP contribution in [0.4, 0.5) is 13.2 Å². The molecule has 1 amide bonds. The van der Waals surface area contributed by atoms with Gasteiger partial charge in [-0.15, -0.1) is 0 Å². The first-order valence-corrected chi connectivity index (χ1v) is 7.79. The summed E-state index contributed by atoms with van der Waals surface area (Å²) in [6.45, 7) is 0.679. The number of alkyl halides is 3. The molecule has 0 aliphatic rings. The Hall–Kier alpha value is -1.82. The van der Waals surface area contributed by atoms with Crippen LogP contribution in [0.15, 0.2) is 41.1 Å². The van der Waals surface area contributed by atoms with E-state index in [-0.39, 0.29) is 12.1 Å². The van der Waals surface area contributed by atoms with Crippen molar-refractivity contribution < 1.29 is 18.0 Å². The van der Waals surface area contributed by atoms with Gasteiger partial charge in [0.1, 0.15) is 6.54 Å². The van der Waals surface area contributed by atoms with Crippen molar-refractivity contribution in [1.82, 2.24) is 4.90 Å². The van der Waals surface area contributed by atoms with Gasteiger partial charge in [0.05, 0.1) is 0 Å². The number of thiophene rings is 1. The monoisotopic (exact) mass is 327 g/mol. The van der Waals surface area contributed by atoms with Gasteiger partial charge in [0.2, 0.25) is 0 Å². The van der Waals surface area contributed by atoms with Gasteiger partial charge >= 0.3 is 6.18 Å². The van der Waals surface area contributed by atoms with E-state index in [4.69, 9.17) is 0 Å². The van der Waals surface area contributed by atoms with Gasteiger partial charge in [-0.1, -0.05) is 19.1 Å². The van der Waals surface area contributed by atoms with E-state index in [0.29, 0.717) is 5.56 Å². The molecule has 0 bridgehead atoms. The first-order valence-electron chi connectivity index (χ1n) is 6.85. The molecule has 0 unspecified atom stereocenters. The summed E-state index contributed by atoms with van der Waals surface area (Å²) in [5.74, 6) is -0.605. The highest BCUT2D eigenvalue weighted by atomic mass is 32.1. The van der Waals surface area contributed by atoms with Crippen molar-refractivity contribution in [2.75, 3.05) is 6.54 Å². The van der Waals surface area contributed by atoms with E-state index in [1.54, 1.807) is 41.1 Å². The lowest BCUT2D eigenvalue weighted by Crippen LogP contribution is -2.38. The molecular weight excluding hydrogens is 311 g/mol. The summed E-state index contributed by atoms with van der Waals surface area (Å²) < 4.78 is 38.2. The van der Waals surface area contributed by atoms with Crippen molar-refractivity contribution in [3.8, 4) is 0 Å². The highest BCUT2D eigenvalue weighted by Crippen LogP contribution is 2.21. The molecule has 0 aliphatic heterocycles. The molecule has 2 aromatic rings. The van der Waals surface area contributed by atoms with Gasteiger partial charge in [-0.25, -0.2) is 0 Å². The highest BCUT2D eigenvalue weighted by molar-refractivity contribution is 7.07. The summed E-state index contributed by atoms with van der Waals surface area (Å²) in [4.78, 5) is 13.2. The largest absolute Gasteiger partial charge is 0.406 e. The second-order valence-electron chi connectivity index (χ2n) is 4.96. The molecule has 0 spiro atoms. The Bertz CT molecular complexity index is 605. The van der Waals surface area contributed by atoms with Gasteiger partial charge in [-0.2, -0.15) is 24.5 Å². The second kappa shape index (κ2) is 6.96. The third-order valence-electron chi connectivity index (χ3n) is 3.22. The van der Waals surface area contributed by atoms with E-state index in [2.05, 4.69) is 0 Å². The standard InChI is InChI=1S/C16H16F3NOS/c1-2-12-3-5-14(6-4-12)15(21)20(11-16(17,18)19)9-13-7-8-22-10-13/h3-8,10H,2,9,11H2,1H3. The summed E-state index contributed by atoms with van der Waals surface area (Å²) in [5.41, 5.74) is 2.02. The molecule has 0 N–H and O–H groups in total. The van der Waals surface area contributed by atoms with Crippen LogP contribution in [0.2, 0.25) is 0 Å². The van der Waals surface area contributed by atoms with Gasteiger partial charge in [0, 0.05) is 12.1 Å². The van der Waals surface area contributed by atoms with E-state index in [1.807, 2.05) is 6.92 Å². The molecule has 0 saturated heterocycles. The topological polar surface area (TPSA) is 20.3 Å². The summed E-state index contributed by atoms with van der Waals surface area (Å²) in [6, 6.07) is 8.42. The number of rotatable bonds is 5. The van der Waals surface area contributed by atoms with Crippen molar-refractivity contribution in [3.63, 3.8) is 0 Å². The van der Waals surface area contributed by atoms with E-state index >= 15 is 0 Å². The Morgan fingerprint density at radius 1 is 1.14 bits per heavy atom. The molecule has 6 heteroatoms. The van der Waals surface area contributed by atoms with Crippen LogP contribution in [-0.4, -0.2) is 23.5 Å². The summed E-state index contributed by atoms with van der Waals surface area (Å²) in [7, 11) is 0. The van der Waals surface area contributed by atoms with Crippen molar-refractivity contribution >= 4 is 17.2 Å². The molecule has 2 rings (SSSR count). The molecule has 0 atom stereocenters. The Morgan fingerprint density at radius 3 is 2.32 bits per heavy atom. The number of nitrogens with zero attached hydrogens (tertiary/aromatic N) is 1. The van der Waals surface area contributed by atoms with Gasteiger partial charge < -0.3 is 4.90 Å². The Kier molecular flexibility index (Phi) is 5.24. The molecule has 0 radical (unpaired) electrons. The zero-order valence-corrected chi connectivity index (χ0v) is 12.9. The van der Waals surface area contributed by atoms with Crippen LogP contribution in [0.3, 0.4) is 0 Å². The minimum atomic E-state index is -4.42. The average Bonchev–Trinajstić information content (AvgIpc) is 2.97. The molecule has 1 heterocycles. The number of carbonyl (C=O) groups excluding carboxylic acids is 1. The predicted molar refractivity (Wildman–Crippen MR) is 80.9 cm³/mol. The number of aryl methyl sites for hydroxylation is 1. The molecule has 1 aromatic carbocycles. The van der Waals surface area contributed by atoms with E-state index in [1.165, 1.54) is 11.3 Å². The first-order chi connectivity index (χ1) is 10.4. The minimum Gasteiger partial charge on any atom is -0.325 e. The molecule has 1 aromatic heterocycles. The van der Waals surface area contributed by atoms with Crippen LogP contribution in [0.25, 0.3) is 0 Å². The second-order valence-corrected chi connectivity index (χ2v) is 5.74. The minimum absolute atomic E-state index is 0.0443. The third-order valence-corrected chi connectivity index (χ3v) is 3.95. The summed E-state index contributed by atoms with van der Waals surface area (Å²) in [6.07, 6.45) is -3.61. The van der Waals surface area contributed by atoms with Gasteiger partial charge in [-0.05, 0) is 46.5 Å². The predicted octanol–water partition coefficient (Wildman–Crippen LogP) is 4.52. The lowest BCUT2D eigenvalue weighted by atomic mass is 10.1. The molecule has 22 heavy (non-hydrogen) atoms. The van der Waals surface area contributed by atoms with E-state index < -0.39 is 18.6 Å². The SMILES string of the molecule is CCc1ccc(C(=O)N(Cc2ccsc2)CC(F)(F)F)cc1. The Morgan fingerprint density at radius 2 is 1.82 bits per heavy atom. The Balaban J connectivity index is 2.20. The smallest absolute Gasteiger partial charge is 0.325 e. The van der Waals surface area contributed by atoms with Gasteiger partial charge in [0.15, 0.2) is 0 Å². The molecular formula is C16H16F3NOS. The number of benzene rings is 1. The van der Waals surface area contributed by atoms with Crippen molar-refractivity contribution in [3.05, 3.63) is 57.8 Å². The van der Waals surface area contributed by atoms with Crippen LogP contribution in [0, 0.1) is 0 Å². The molecule has 0 aliphatic carbocycles. The number of carbonyl (C=O) groups is 1. The van der Waals surface area contributed by atoms with Crippen LogP contribution in [0.1, 0.15) is 28.4 Å². The molecule has 0 saturated carbocycles. The number of halogens is 3. The number of hydrogen-bond donors (Lipinski definition) is 0. The Labute approximate surface area is 131 Å². The molecule has 0 fully saturated rings. The highest BCUT2D eigenvalue weighted by Gasteiger charge is 2.33. The van der Waals surface area contributed by atoms with Crippen molar-refractivity contribution in [2.24, 2.45) is 0 Å². The maximum absolute atomic E-state index is 12.7. The molecule has 2 nitrogen and oxygen atoms in total. The van der Waals surface area contributed by atoms with E-state index in [9.17, 15) is 18.0 Å². The summed E-state index contributed by atoms with van der Waals surface area (Å²) >= 11 is 1.39. The lowest BCUT2D eigenvalue weighted by Gasteiger charge is -2.23. The van der Waals surface area contributed by atoms with Crippen molar-refractivity contribution in [1.29, 1.82) is 0 Å². The van der Waals surface area contributed by atoms with Crippen LogP contribution in [-0.2, 0) is 13.0 Å². The van der Waals surface area contributed by atoms with Crippen LogP contribution in [0.5, 0.6) is 0 Å². The zero-order chi connectivity index (χ0) is 16.2. The van der Waals surface area contributed by atoms with Crippen LogP contribution < -0.4 is 0 Å². The normalized spacial score (nSPS) is 11.5. The van der Waals surface area contributed by atoms with Gasteiger partial charge in [0.25, 0.3) is 5.91 Å². The maximum Gasteiger partial charge on any atom is 0.406 e. The van der Waals surface area contributed by atoms with Crippen LogP contribution >= 0.6 is 11.3 Å². The maximum atomic E-state index is 12.7. The summed E-state index contributed by atoms with van der Waals surface area (Å²) in [5, 5.41) is 3.53. The average molecular weight is 327 g/mol. The molecule has 118 valence electrons. The fraction of sp³-hybridized carbons (Fsp3) is 0.312. The fourth-order valence-electron chi connectivity index (χ4n) is 2.08.